The van der Waals surface area contributed by atoms with Crippen LogP contribution in [0.4, 0.5) is 4.39 Å². The Bertz CT molecular complexity index is 520. The molecule has 2 rings (SSSR count). The lowest BCUT2D eigenvalue weighted by atomic mass is 10.0. The molecule has 0 radical (unpaired) electrons. The van der Waals surface area contributed by atoms with Crippen molar-refractivity contribution in [3.8, 4) is 22.6 Å². The van der Waals surface area contributed by atoms with Crippen LogP contribution < -0.4 is 0 Å². The van der Waals surface area contributed by atoms with Crippen LogP contribution in [0.25, 0.3) is 11.1 Å². The van der Waals surface area contributed by atoms with E-state index in [4.69, 9.17) is 0 Å². The number of hydrogen-bond acceptors (Lipinski definition) is 2. The van der Waals surface area contributed by atoms with Crippen molar-refractivity contribution >= 4 is 15.9 Å². The number of rotatable bonds is 1. The van der Waals surface area contributed by atoms with Gasteiger partial charge < -0.3 is 10.2 Å². The molecule has 2 N–H and O–H groups in total. The van der Waals surface area contributed by atoms with Crippen LogP contribution in [-0.2, 0) is 0 Å². The smallest absolute Gasteiger partial charge is 0.124 e. The zero-order valence-electron chi connectivity index (χ0n) is 8.11. The van der Waals surface area contributed by atoms with Crippen molar-refractivity contribution < 1.29 is 14.6 Å². The highest BCUT2D eigenvalue weighted by atomic mass is 79.9. The van der Waals surface area contributed by atoms with E-state index in [1.165, 1.54) is 30.3 Å². The van der Waals surface area contributed by atoms with Gasteiger partial charge in [0.25, 0.3) is 0 Å². The van der Waals surface area contributed by atoms with E-state index < -0.39 is 5.82 Å². The van der Waals surface area contributed by atoms with E-state index in [-0.39, 0.29) is 11.5 Å². The van der Waals surface area contributed by atoms with Crippen LogP contribution in [0.15, 0.2) is 40.9 Å². The van der Waals surface area contributed by atoms with Crippen molar-refractivity contribution in [1.29, 1.82) is 0 Å². The lowest BCUT2D eigenvalue weighted by Crippen LogP contribution is -1.82. The molecule has 0 unspecified atom stereocenters. The lowest BCUT2D eigenvalue weighted by Gasteiger charge is -2.06. The number of phenolic OH excluding ortho intramolecular Hbond substituents is 2. The van der Waals surface area contributed by atoms with Gasteiger partial charge in [-0.2, -0.15) is 0 Å². The lowest BCUT2D eigenvalue weighted by molar-refractivity contribution is 0.473. The average molecular weight is 283 g/mol. The maximum atomic E-state index is 13.0. The Morgan fingerprint density at radius 2 is 1.75 bits per heavy atom. The molecule has 2 aromatic carbocycles. The monoisotopic (exact) mass is 282 g/mol. The summed E-state index contributed by atoms with van der Waals surface area (Å²) in [6.45, 7) is 0. The highest BCUT2D eigenvalue weighted by Gasteiger charge is 2.07. The first kappa shape index (κ1) is 11.0. The Labute approximate surface area is 100 Å². The molecule has 2 nitrogen and oxygen atoms in total. The molecule has 0 aliphatic heterocycles. The highest BCUT2D eigenvalue weighted by molar-refractivity contribution is 9.10. The van der Waals surface area contributed by atoms with Crippen molar-refractivity contribution in [3.05, 3.63) is 46.7 Å². The van der Waals surface area contributed by atoms with Crippen molar-refractivity contribution in [1.82, 2.24) is 0 Å². The molecule has 0 saturated heterocycles. The van der Waals surface area contributed by atoms with Crippen LogP contribution in [0, 0.1) is 5.82 Å². The van der Waals surface area contributed by atoms with Gasteiger partial charge in [-0.05, 0) is 42.0 Å². The molecule has 0 heterocycles. The average Bonchev–Trinajstić information content (AvgIpc) is 2.20. The van der Waals surface area contributed by atoms with Gasteiger partial charge in [0, 0.05) is 10.0 Å². The standard InChI is InChI=1S/C12H8BrFO2/c13-8-3-7(4-10(15)5-8)11-6-9(14)1-2-12(11)16/h1-6,15-16H. The number of hydrogen-bond donors (Lipinski definition) is 2. The van der Waals surface area contributed by atoms with Gasteiger partial charge >= 0.3 is 0 Å². The van der Waals surface area contributed by atoms with Crippen LogP contribution in [0.5, 0.6) is 11.5 Å². The number of benzene rings is 2. The van der Waals surface area contributed by atoms with E-state index in [2.05, 4.69) is 15.9 Å². The van der Waals surface area contributed by atoms with Crippen LogP contribution in [0.1, 0.15) is 0 Å². The van der Waals surface area contributed by atoms with Crippen LogP contribution in [0.3, 0.4) is 0 Å². The van der Waals surface area contributed by atoms with E-state index >= 15 is 0 Å². The molecule has 0 aromatic heterocycles. The fraction of sp³-hybridized carbons (Fsp3) is 0. The molecule has 0 aliphatic rings. The van der Waals surface area contributed by atoms with Crippen LogP contribution >= 0.6 is 15.9 Å². The predicted molar refractivity (Wildman–Crippen MR) is 62.9 cm³/mol. The topological polar surface area (TPSA) is 40.5 Å². The summed E-state index contributed by atoms with van der Waals surface area (Å²) in [5, 5.41) is 19.0. The summed E-state index contributed by atoms with van der Waals surface area (Å²) in [5.74, 6) is -0.417. The largest absolute Gasteiger partial charge is 0.508 e. The van der Waals surface area contributed by atoms with E-state index in [0.29, 0.717) is 15.6 Å². The Hall–Kier alpha value is -1.55. The first-order chi connectivity index (χ1) is 7.56. The Morgan fingerprint density at radius 1 is 1.00 bits per heavy atom. The summed E-state index contributed by atoms with van der Waals surface area (Å²) < 4.78 is 13.7. The molecule has 82 valence electrons. The molecule has 0 spiro atoms. The molecule has 0 fully saturated rings. The van der Waals surface area contributed by atoms with Gasteiger partial charge in [-0.15, -0.1) is 0 Å². The second-order valence-electron chi connectivity index (χ2n) is 3.36. The number of aromatic hydroxyl groups is 2. The van der Waals surface area contributed by atoms with Gasteiger partial charge in [0.2, 0.25) is 0 Å². The minimum absolute atomic E-state index is 0.0288. The Balaban J connectivity index is 2.62. The van der Waals surface area contributed by atoms with E-state index in [1.807, 2.05) is 0 Å². The summed E-state index contributed by atoms with van der Waals surface area (Å²) >= 11 is 3.22. The molecule has 0 bridgehead atoms. The summed E-state index contributed by atoms with van der Waals surface area (Å²) in [6.07, 6.45) is 0. The molecule has 16 heavy (non-hydrogen) atoms. The van der Waals surface area contributed by atoms with Crippen LogP contribution in [-0.4, -0.2) is 10.2 Å². The predicted octanol–water partition coefficient (Wildman–Crippen LogP) is 3.67. The quantitative estimate of drug-likeness (QED) is 0.838. The van der Waals surface area contributed by atoms with Gasteiger partial charge in [0.15, 0.2) is 0 Å². The van der Waals surface area contributed by atoms with Crippen molar-refractivity contribution in [2.45, 2.75) is 0 Å². The Kier molecular flexibility index (Phi) is 2.83. The third-order valence-electron chi connectivity index (χ3n) is 2.15. The van der Waals surface area contributed by atoms with Gasteiger partial charge in [-0.25, -0.2) is 4.39 Å². The second-order valence-corrected chi connectivity index (χ2v) is 4.28. The normalized spacial score (nSPS) is 10.4. The van der Waals surface area contributed by atoms with Gasteiger partial charge in [-0.1, -0.05) is 15.9 Å². The van der Waals surface area contributed by atoms with E-state index in [0.717, 1.165) is 0 Å². The fourth-order valence-corrected chi connectivity index (χ4v) is 1.95. The fourth-order valence-electron chi connectivity index (χ4n) is 1.47. The molecule has 0 atom stereocenters. The van der Waals surface area contributed by atoms with E-state index in [1.54, 1.807) is 6.07 Å². The maximum Gasteiger partial charge on any atom is 0.124 e. The van der Waals surface area contributed by atoms with Crippen molar-refractivity contribution in [2.75, 3.05) is 0 Å². The first-order valence-electron chi connectivity index (χ1n) is 4.55. The van der Waals surface area contributed by atoms with Gasteiger partial charge in [-0.3, -0.25) is 0 Å². The third kappa shape index (κ3) is 2.17. The molecule has 0 aliphatic carbocycles. The van der Waals surface area contributed by atoms with Crippen molar-refractivity contribution in [3.63, 3.8) is 0 Å². The summed E-state index contributed by atoms with van der Waals surface area (Å²) in [4.78, 5) is 0. The molecular weight excluding hydrogens is 275 g/mol. The Morgan fingerprint density at radius 3 is 2.44 bits per heavy atom. The number of halogens is 2. The summed E-state index contributed by atoms with van der Waals surface area (Å²) in [5.41, 5.74) is 0.889. The molecule has 4 heteroatoms. The highest BCUT2D eigenvalue weighted by Crippen LogP contribution is 2.33. The van der Waals surface area contributed by atoms with Crippen LogP contribution in [0.2, 0.25) is 0 Å². The molecule has 0 saturated carbocycles. The molecule has 0 amide bonds. The molecular formula is C12H8BrFO2. The van der Waals surface area contributed by atoms with Gasteiger partial charge in [0.05, 0.1) is 0 Å². The minimum Gasteiger partial charge on any atom is -0.508 e. The zero-order valence-corrected chi connectivity index (χ0v) is 9.70. The minimum atomic E-state index is -0.438. The number of phenols is 2. The first-order valence-corrected chi connectivity index (χ1v) is 5.34. The third-order valence-corrected chi connectivity index (χ3v) is 2.61. The zero-order chi connectivity index (χ0) is 11.7. The SMILES string of the molecule is Oc1cc(Br)cc(-c2cc(F)ccc2O)c1. The van der Waals surface area contributed by atoms with Crippen molar-refractivity contribution in [2.24, 2.45) is 0 Å². The van der Waals surface area contributed by atoms with E-state index in [9.17, 15) is 14.6 Å². The second kappa shape index (κ2) is 4.14. The summed E-state index contributed by atoms with van der Waals surface area (Å²) in [7, 11) is 0. The maximum absolute atomic E-state index is 13.0. The summed E-state index contributed by atoms with van der Waals surface area (Å²) in [6, 6.07) is 8.34. The van der Waals surface area contributed by atoms with Gasteiger partial charge in [0.1, 0.15) is 17.3 Å². The molecule has 2 aromatic rings.